The van der Waals surface area contributed by atoms with Gasteiger partial charge in [0.2, 0.25) is 5.91 Å². The molecule has 2 saturated heterocycles. The van der Waals surface area contributed by atoms with Crippen LogP contribution >= 0.6 is 11.6 Å². The first kappa shape index (κ1) is 26.8. The van der Waals surface area contributed by atoms with Gasteiger partial charge in [0.05, 0.1) is 35.9 Å². The van der Waals surface area contributed by atoms with Crippen LogP contribution in [0.25, 0.3) is 10.9 Å². The summed E-state index contributed by atoms with van der Waals surface area (Å²) >= 11 is 5.92. The van der Waals surface area contributed by atoms with Crippen molar-refractivity contribution >= 4 is 51.6 Å². The lowest BCUT2D eigenvalue weighted by Gasteiger charge is -2.37. The van der Waals surface area contributed by atoms with Gasteiger partial charge in [0.15, 0.2) is 0 Å². The van der Waals surface area contributed by atoms with Gasteiger partial charge in [-0.3, -0.25) is 9.59 Å². The van der Waals surface area contributed by atoms with E-state index in [0.29, 0.717) is 53.5 Å². The molecule has 2 aromatic carbocycles. The highest BCUT2D eigenvalue weighted by Crippen LogP contribution is 2.40. The molecule has 39 heavy (non-hydrogen) atoms. The summed E-state index contributed by atoms with van der Waals surface area (Å²) < 4.78 is 24.9. The van der Waals surface area contributed by atoms with Crippen LogP contribution in [0.2, 0.25) is 5.02 Å². The fourth-order valence-corrected chi connectivity index (χ4v) is 5.16. The summed E-state index contributed by atoms with van der Waals surface area (Å²) in [6.45, 7) is 7.24. The summed E-state index contributed by atoms with van der Waals surface area (Å²) in [5, 5.41) is 6.54. The second-order valence-corrected chi connectivity index (χ2v) is 10.3. The zero-order valence-corrected chi connectivity index (χ0v) is 22.1. The smallest absolute Gasteiger partial charge is 0.306 e. The van der Waals surface area contributed by atoms with Crippen LogP contribution in [0.15, 0.2) is 49.3 Å². The summed E-state index contributed by atoms with van der Waals surface area (Å²) in [5.74, 6) is -0.0471. The lowest BCUT2D eigenvalue weighted by atomic mass is 9.78. The largest absolute Gasteiger partial charge is 0.491 e. The van der Waals surface area contributed by atoms with Crippen LogP contribution in [-0.4, -0.2) is 59.6 Å². The quantitative estimate of drug-likeness (QED) is 0.214. The average molecular weight is 554 g/mol. The van der Waals surface area contributed by atoms with Gasteiger partial charge in [0, 0.05) is 29.1 Å². The molecule has 11 heteroatoms. The molecule has 1 spiro atoms. The van der Waals surface area contributed by atoms with Crippen molar-refractivity contribution in [3.8, 4) is 5.75 Å². The van der Waals surface area contributed by atoms with Crippen LogP contribution in [0.5, 0.6) is 5.75 Å². The van der Waals surface area contributed by atoms with Crippen molar-refractivity contribution in [1.82, 2.24) is 14.9 Å². The number of amides is 1. The second kappa shape index (κ2) is 11.5. The molecule has 204 valence electrons. The van der Waals surface area contributed by atoms with E-state index in [2.05, 4.69) is 32.1 Å². The normalized spacial score (nSPS) is 16.7. The average Bonchev–Trinajstić information content (AvgIpc) is 3.29. The molecule has 0 bridgehead atoms. The van der Waals surface area contributed by atoms with Crippen LogP contribution < -0.4 is 15.4 Å². The number of halogens is 2. The number of hydrogen-bond acceptors (Lipinski definition) is 8. The summed E-state index contributed by atoms with van der Waals surface area (Å²) in [4.78, 5) is 34.8. The lowest BCUT2D eigenvalue weighted by Crippen LogP contribution is -2.41. The lowest BCUT2D eigenvalue weighted by molar-refractivity contribution is -0.137. The molecule has 0 radical (unpaired) electrons. The molecule has 3 aromatic rings. The number of esters is 1. The Labute approximate surface area is 230 Å². The number of likely N-dealkylation sites (tertiary alicyclic amines) is 1. The summed E-state index contributed by atoms with van der Waals surface area (Å²) in [6, 6.07) is 7.76. The minimum absolute atomic E-state index is 0.0142. The Bertz CT molecular complexity index is 1410. The number of ether oxygens (including phenoxy) is 2. The molecule has 3 heterocycles. The van der Waals surface area contributed by atoms with Gasteiger partial charge in [0.25, 0.3) is 0 Å². The molecule has 2 aliphatic heterocycles. The van der Waals surface area contributed by atoms with Gasteiger partial charge in [-0.05, 0) is 62.7 Å². The number of piperidine rings is 1. The molecule has 0 saturated carbocycles. The third kappa shape index (κ3) is 6.29. The van der Waals surface area contributed by atoms with Gasteiger partial charge < -0.3 is 25.0 Å². The third-order valence-corrected chi connectivity index (χ3v) is 7.50. The highest BCUT2D eigenvalue weighted by atomic mass is 35.5. The Morgan fingerprint density at radius 1 is 1.26 bits per heavy atom. The monoisotopic (exact) mass is 553 g/mol. The molecule has 2 N–H and O–H groups in total. The van der Waals surface area contributed by atoms with E-state index in [-0.39, 0.29) is 22.3 Å². The molecule has 9 nitrogen and oxygen atoms in total. The van der Waals surface area contributed by atoms with Gasteiger partial charge in [0.1, 0.15) is 23.7 Å². The summed E-state index contributed by atoms with van der Waals surface area (Å²) in [7, 11) is 0. The number of carbonyl (C=O) groups excluding carboxylic acids is 2. The number of fused-ring (bicyclic) bond motifs is 1. The first-order valence-electron chi connectivity index (χ1n) is 12.8. The van der Waals surface area contributed by atoms with Crippen molar-refractivity contribution in [2.75, 3.05) is 43.5 Å². The first-order valence-corrected chi connectivity index (χ1v) is 13.2. The number of nitrogens with zero attached hydrogens (tertiary/aromatic N) is 3. The minimum Gasteiger partial charge on any atom is -0.491 e. The SMILES string of the molecule is C=CC(=O)Nc1cc2c(Nc3ccc(F)c(Cl)c3)ncnc2cc1OCCCN1CCC2(CC1)COC(=O)C2. The Morgan fingerprint density at radius 2 is 2.08 bits per heavy atom. The minimum atomic E-state index is -0.518. The second-order valence-electron chi connectivity index (χ2n) is 9.92. The number of rotatable bonds is 9. The molecule has 0 atom stereocenters. The van der Waals surface area contributed by atoms with Crippen LogP contribution in [0, 0.1) is 11.2 Å². The molecule has 0 aliphatic carbocycles. The number of cyclic esters (lactones) is 1. The van der Waals surface area contributed by atoms with E-state index in [0.717, 1.165) is 38.9 Å². The van der Waals surface area contributed by atoms with Crippen LogP contribution in [0.4, 0.5) is 21.6 Å². The fourth-order valence-electron chi connectivity index (χ4n) is 4.98. The predicted octanol–water partition coefficient (Wildman–Crippen LogP) is 5.09. The molecule has 2 fully saturated rings. The zero-order valence-electron chi connectivity index (χ0n) is 21.3. The predicted molar refractivity (Wildman–Crippen MR) is 147 cm³/mol. The van der Waals surface area contributed by atoms with Crippen LogP contribution in [0.1, 0.15) is 25.7 Å². The molecule has 1 amide bonds. The van der Waals surface area contributed by atoms with E-state index in [1.165, 1.54) is 24.5 Å². The highest BCUT2D eigenvalue weighted by molar-refractivity contribution is 6.31. The van der Waals surface area contributed by atoms with Crippen molar-refractivity contribution in [2.24, 2.45) is 5.41 Å². The van der Waals surface area contributed by atoms with Gasteiger partial charge in [-0.25, -0.2) is 14.4 Å². The van der Waals surface area contributed by atoms with Gasteiger partial charge in [-0.2, -0.15) is 0 Å². The number of benzene rings is 2. The Kier molecular flexibility index (Phi) is 7.94. The van der Waals surface area contributed by atoms with Crippen molar-refractivity contribution in [1.29, 1.82) is 0 Å². The topological polar surface area (TPSA) is 106 Å². The van der Waals surface area contributed by atoms with Crippen LogP contribution in [0.3, 0.4) is 0 Å². The number of carbonyl (C=O) groups is 2. The van der Waals surface area contributed by atoms with Gasteiger partial charge >= 0.3 is 5.97 Å². The van der Waals surface area contributed by atoms with Crippen LogP contribution in [-0.2, 0) is 14.3 Å². The van der Waals surface area contributed by atoms with Gasteiger partial charge in [-0.1, -0.05) is 18.2 Å². The summed E-state index contributed by atoms with van der Waals surface area (Å²) in [6.07, 6.45) is 5.83. The van der Waals surface area contributed by atoms with Crippen molar-refractivity contribution < 1.29 is 23.5 Å². The van der Waals surface area contributed by atoms with Crippen molar-refractivity contribution in [3.63, 3.8) is 0 Å². The standard InChI is InChI=1S/C28H29ClFN5O4/c1-2-25(36)34-23-13-19-22(31-17-32-27(19)33-18-4-5-21(30)20(29)12-18)14-24(23)38-11-3-8-35-9-6-28(7-10-35)15-26(37)39-16-28/h2,4-5,12-14,17H,1,3,6-11,15-16H2,(H,34,36)(H,31,32,33). The zero-order chi connectivity index (χ0) is 27.4. The molecule has 1 aromatic heterocycles. The number of nitrogens with one attached hydrogen (secondary N) is 2. The maximum Gasteiger partial charge on any atom is 0.306 e. The van der Waals surface area contributed by atoms with E-state index in [9.17, 15) is 14.0 Å². The Balaban J connectivity index is 1.26. The molecule has 5 rings (SSSR count). The molecule has 0 unspecified atom stereocenters. The molecular weight excluding hydrogens is 525 g/mol. The van der Waals surface area contributed by atoms with E-state index in [1.807, 2.05) is 0 Å². The molecular formula is C28H29ClFN5O4. The number of hydrogen-bond donors (Lipinski definition) is 2. The van der Waals surface area contributed by atoms with Crippen molar-refractivity contribution in [3.05, 3.63) is 60.2 Å². The maximum atomic E-state index is 13.6. The first-order chi connectivity index (χ1) is 18.8. The number of anilines is 3. The van der Waals surface area contributed by atoms with E-state index in [4.69, 9.17) is 21.1 Å². The highest BCUT2D eigenvalue weighted by Gasteiger charge is 2.42. The fraction of sp³-hybridized carbons (Fsp3) is 0.357. The Morgan fingerprint density at radius 3 is 2.79 bits per heavy atom. The number of aromatic nitrogens is 2. The van der Waals surface area contributed by atoms with E-state index in [1.54, 1.807) is 18.2 Å². The Hall–Kier alpha value is -3.76. The van der Waals surface area contributed by atoms with E-state index < -0.39 is 5.82 Å². The maximum absolute atomic E-state index is 13.6. The molecule has 2 aliphatic rings. The van der Waals surface area contributed by atoms with Crippen molar-refractivity contribution in [2.45, 2.75) is 25.7 Å². The summed E-state index contributed by atoms with van der Waals surface area (Å²) in [5.41, 5.74) is 1.62. The third-order valence-electron chi connectivity index (χ3n) is 7.21. The van der Waals surface area contributed by atoms with Gasteiger partial charge in [-0.15, -0.1) is 0 Å². The van der Waals surface area contributed by atoms with E-state index >= 15 is 0 Å².